The number of nitrogens with zero attached hydrogens (tertiary/aromatic N) is 1. The van der Waals surface area contributed by atoms with Gasteiger partial charge in [0.05, 0.1) is 30.8 Å². The van der Waals surface area contributed by atoms with E-state index in [1.165, 1.54) is 47.8 Å². The molecule has 7 nitrogen and oxygen atoms in total. The lowest BCUT2D eigenvalue weighted by molar-refractivity contribution is 0.0730. The average molecular weight is 445 g/mol. The maximum Gasteiger partial charge on any atom is 0.259 e. The summed E-state index contributed by atoms with van der Waals surface area (Å²) >= 11 is 11.9. The van der Waals surface area contributed by atoms with Gasteiger partial charge in [0, 0.05) is 28.8 Å². The van der Waals surface area contributed by atoms with Gasteiger partial charge in [-0.25, -0.2) is 8.42 Å². The van der Waals surface area contributed by atoms with E-state index in [1.807, 2.05) is 0 Å². The first kappa shape index (κ1) is 20.9. The topological polar surface area (TPSA) is 84.9 Å². The van der Waals surface area contributed by atoms with Crippen molar-refractivity contribution in [1.29, 1.82) is 0 Å². The molecule has 0 spiro atoms. The number of amides is 1. The average Bonchev–Trinajstić information content (AvgIpc) is 2.67. The lowest BCUT2D eigenvalue weighted by atomic mass is 10.2. The Labute approximate surface area is 173 Å². The number of hydrogen-bond acceptors (Lipinski definition) is 5. The molecule has 1 aliphatic heterocycles. The molecule has 1 saturated heterocycles. The summed E-state index contributed by atoms with van der Waals surface area (Å²) in [6, 6.07) is 8.77. The Kier molecular flexibility index (Phi) is 6.47. The fourth-order valence-electron chi connectivity index (χ4n) is 2.79. The molecule has 3 rings (SSSR count). The van der Waals surface area contributed by atoms with Gasteiger partial charge >= 0.3 is 0 Å². The molecule has 1 fully saturated rings. The summed E-state index contributed by atoms with van der Waals surface area (Å²) in [7, 11) is -2.35. The smallest absolute Gasteiger partial charge is 0.259 e. The largest absolute Gasteiger partial charge is 0.496 e. The van der Waals surface area contributed by atoms with E-state index in [0.717, 1.165) is 0 Å². The summed E-state index contributed by atoms with van der Waals surface area (Å²) < 4.78 is 37.5. The predicted octanol–water partition coefficient (Wildman–Crippen LogP) is 3.28. The maximum absolute atomic E-state index is 12.9. The van der Waals surface area contributed by atoms with Crippen LogP contribution in [0, 0.1) is 0 Å². The van der Waals surface area contributed by atoms with E-state index in [9.17, 15) is 13.2 Å². The number of halogens is 2. The second kappa shape index (κ2) is 8.67. The molecule has 150 valence electrons. The van der Waals surface area contributed by atoms with E-state index in [0.29, 0.717) is 28.9 Å². The van der Waals surface area contributed by atoms with Crippen molar-refractivity contribution in [1.82, 2.24) is 4.31 Å². The van der Waals surface area contributed by atoms with Crippen molar-refractivity contribution in [3.05, 3.63) is 52.0 Å². The van der Waals surface area contributed by atoms with Crippen LogP contribution in [0.15, 0.2) is 41.3 Å². The van der Waals surface area contributed by atoms with E-state index in [1.54, 1.807) is 0 Å². The normalized spacial score (nSPS) is 15.2. The highest BCUT2D eigenvalue weighted by Gasteiger charge is 2.28. The molecule has 0 atom stereocenters. The molecule has 2 aromatic carbocycles. The van der Waals surface area contributed by atoms with Crippen LogP contribution in [0.3, 0.4) is 0 Å². The van der Waals surface area contributed by atoms with Crippen molar-refractivity contribution in [3.63, 3.8) is 0 Å². The molecule has 0 unspecified atom stereocenters. The number of rotatable bonds is 5. The van der Waals surface area contributed by atoms with Gasteiger partial charge in [-0.05, 0) is 36.4 Å². The minimum atomic E-state index is -3.75. The third-order valence-electron chi connectivity index (χ3n) is 4.14. The Hall–Kier alpha value is -1.84. The number of nitrogens with one attached hydrogen (secondary N) is 1. The molecule has 28 heavy (non-hydrogen) atoms. The number of carbonyl (C=O) groups is 1. The molecule has 0 bridgehead atoms. The minimum absolute atomic E-state index is 0.00414. The number of methoxy groups -OCH3 is 1. The van der Waals surface area contributed by atoms with Crippen molar-refractivity contribution >= 4 is 44.8 Å². The highest BCUT2D eigenvalue weighted by molar-refractivity contribution is 7.89. The molecule has 1 heterocycles. The van der Waals surface area contributed by atoms with Crippen LogP contribution in [0.5, 0.6) is 5.75 Å². The van der Waals surface area contributed by atoms with E-state index in [-0.39, 0.29) is 29.3 Å². The molecule has 1 aliphatic rings. The number of benzene rings is 2. The summed E-state index contributed by atoms with van der Waals surface area (Å²) in [5.41, 5.74) is 0.457. The van der Waals surface area contributed by atoms with Crippen LogP contribution in [0.1, 0.15) is 10.4 Å². The quantitative estimate of drug-likeness (QED) is 0.764. The van der Waals surface area contributed by atoms with E-state index >= 15 is 0 Å². The third kappa shape index (κ3) is 4.59. The Balaban J connectivity index is 1.93. The SMILES string of the molecule is COc1ccc(S(=O)(=O)N2CCOCC2)cc1C(=O)Nc1cc(Cl)cc(Cl)c1. The van der Waals surface area contributed by atoms with Crippen molar-refractivity contribution in [2.24, 2.45) is 0 Å². The molecule has 0 aliphatic carbocycles. The standard InChI is InChI=1S/C18H18Cl2N2O5S/c1-26-17-3-2-15(28(24,25)22-4-6-27-7-5-22)11-16(17)18(23)21-14-9-12(19)8-13(20)10-14/h2-3,8-11H,4-7H2,1H3,(H,21,23). The number of morpholine rings is 1. The zero-order chi connectivity index (χ0) is 20.3. The van der Waals surface area contributed by atoms with Crippen LogP contribution < -0.4 is 10.1 Å². The number of hydrogen-bond donors (Lipinski definition) is 1. The summed E-state index contributed by atoms with van der Waals surface area (Å²) in [5, 5.41) is 3.38. The van der Waals surface area contributed by atoms with Gasteiger partial charge in [0.25, 0.3) is 5.91 Å². The number of sulfonamides is 1. The van der Waals surface area contributed by atoms with Crippen molar-refractivity contribution in [2.75, 3.05) is 38.7 Å². The van der Waals surface area contributed by atoms with Crippen molar-refractivity contribution < 1.29 is 22.7 Å². The maximum atomic E-state index is 12.9. The highest BCUT2D eigenvalue weighted by atomic mass is 35.5. The van der Waals surface area contributed by atoms with Crippen LogP contribution in [-0.4, -0.2) is 52.0 Å². The molecule has 0 radical (unpaired) electrons. The molecule has 1 amide bonds. The predicted molar refractivity (Wildman–Crippen MR) is 107 cm³/mol. The monoisotopic (exact) mass is 444 g/mol. The molecular weight excluding hydrogens is 427 g/mol. The van der Waals surface area contributed by atoms with Gasteiger partial charge in [0.2, 0.25) is 10.0 Å². The summed E-state index contributed by atoms with van der Waals surface area (Å²) in [5.74, 6) is -0.305. The lowest BCUT2D eigenvalue weighted by Crippen LogP contribution is -2.40. The second-order valence-electron chi connectivity index (χ2n) is 5.99. The Morgan fingerprint density at radius 1 is 1.11 bits per heavy atom. The van der Waals surface area contributed by atoms with Gasteiger partial charge in [-0.3, -0.25) is 4.79 Å². The Morgan fingerprint density at radius 2 is 1.75 bits per heavy atom. The van der Waals surface area contributed by atoms with Gasteiger partial charge in [-0.1, -0.05) is 23.2 Å². The Morgan fingerprint density at radius 3 is 2.36 bits per heavy atom. The van der Waals surface area contributed by atoms with Crippen LogP contribution in [0.2, 0.25) is 10.0 Å². The zero-order valence-electron chi connectivity index (χ0n) is 14.9. The second-order valence-corrected chi connectivity index (χ2v) is 8.80. The van der Waals surface area contributed by atoms with Crippen LogP contribution in [0.4, 0.5) is 5.69 Å². The van der Waals surface area contributed by atoms with E-state index < -0.39 is 15.9 Å². The summed E-state index contributed by atoms with van der Waals surface area (Å²) in [6.07, 6.45) is 0. The van der Waals surface area contributed by atoms with Gasteiger partial charge in [0.15, 0.2) is 0 Å². The molecular formula is C18H18Cl2N2O5S. The molecule has 10 heteroatoms. The molecule has 0 saturated carbocycles. The summed E-state index contributed by atoms with van der Waals surface area (Å²) in [4.78, 5) is 12.8. The minimum Gasteiger partial charge on any atom is -0.496 e. The van der Waals surface area contributed by atoms with Crippen molar-refractivity contribution in [2.45, 2.75) is 4.90 Å². The van der Waals surface area contributed by atoms with E-state index in [2.05, 4.69) is 5.32 Å². The molecule has 1 N–H and O–H groups in total. The van der Waals surface area contributed by atoms with Gasteiger partial charge in [0.1, 0.15) is 5.75 Å². The summed E-state index contributed by atoms with van der Waals surface area (Å²) in [6.45, 7) is 1.18. The van der Waals surface area contributed by atoms with Gasteiger partial charge in [-0.2, -0.15) is 4.31 Å². The molecule has 0 aromatic heterocycles. The Bertz CT molecular complexity index is 971. The fourth-order valence-corrected chi connectivity index (χ4v) is 4.75. The van der Waals surface area contributed by atoms with Crippen LogP contribution in [-0.2, 0) is 14.8 Å². The number of ether oxygens (including phenoxy) is 2. The zero-order valence-corrected chi connectivity index (χ0v) is 17.3. The van der Waals surface area contributed by atoms with Crippen LogP contribution >= 0.6 is 23.2 Å². The fraction of sp³-hybridized carbons (Fsp3) is 0.278. The number of carbonyl (C=O) groups excluding carboxylic acids is 1. The van der Waals surface area contributed by atoms with Gasteiger partial charge in [-0.15, -0.1) is 0 Å². The molecule has 2 aromatic rings. The first-order valence-corrected chi connectivity index (χ1v) is 10.5. The highest BCUT2D eigenvalue weighted by Crippen LogP contribution is 2.27. The lowest BCUT2D eigenvalue weighted by Gasteiger charge is -2.26. The third-order valence-corrected chi connectivity index (χ3v) is 6.47. The number of anilines is 1. The first-order chi connectivity index (χ1) is 13.3. The first-order valence-electron chi connectivity index (χ1n) is 8.34. The van der Waals surface area contributed by atoms with Gasteiger partial charge < -0.3 is 14.8 Å². The van der Waals surface area contributed by atoms with E-state index in [4.69, 9.17) is 32.7 Å². The van der Waals surface area contributed by atoms with Crippen LogP contribution in [0.25, 0.3) is 0 Å². The van der Waals surface area contributed by atoms with Crippen molar-refractivity contribution in [3.8, 4) is 5.75 Å².